The van der Waals surface area contributed by atoms with Crippen molar-refractivity contribution in [3.63, 3.8) is 0 Å². The van der Waals surface area contributed by atoms with Crippen LogP contribution in [0.4, 0.5) is 11.4 Å². The molecule has 1 unspecified atom stereocenters. The number of anilines is 2. The van der Waals surface area contributed by atoms with Crippen molar-refractivity contribution in [1.29, 1.82) is 0 Å². The minimum atomic E-state index is -0.635. The van der Waals surface area contributed by atoms with Gasteiger partial charge in [-0.05, 0) is 36.2 Å². The second kappa shape index (κ2) is 7.35. The summed E-state index contributed by atoms with van der Waals surface area (Å²) in [6.45, 7) is 0.514. The molecule has 124 valence electrons. The zero-order valence-electron chi connectivity index (χ0n) is 13.0. The number of nitrogens with one attached hydrogen (secondary N) is 2. The van der Waals surface area contributed by atoms with Gasteiger partial charge in [0.1, 0.15) is 6.04 Å². The van der Waals surface area contributed by atoms with E-state index >= 15 is 0 Å². The van der Waals surface area contributed by atoms with Gasteiger partial charge in [0.2, 0.25) is 11.8 Å². The van der Waals surface area contributed by atoms with Crippen molar-refractivity contribution in [3.05, 3.63) is 54.4 Å². The van der Waals surface area contributed by atoms with E-state index in [2.05, 4.69) is 28.4 Å². The van der Waals surface area contributed by atoms with E-state index in [9.17, 15) is 9.59 Å². The van der Waals surface area contributed by atoms with Crippen LogP contribution in [0.2, 0.25) is 0 Å². The maximum atomic E-state index is 12.2. The van der Waals surface area contributed by atoms with Crippen LogP contribution >= 0.6 is 12.8 Å². The van der Waals surface area contributed by atoms with Gasteiger partial charge in [-0.15, -0.1) is 0 Å². The van der Waals surface area contributed by atoms with Gasteiger partial charge in [0.15, 0.2) is 0 Å². The number of benzene rings is 1. The number of hydrogen-bond acceptors (Lipinski definition) is 5. The molecule has 0 aliphatic carbocycles. The fraction of sp³-hybridized carbons (Fsp3) is 0.235. The van der Waals surface area contributed by atoms with E-state index < -0.39 is 6.04 Å². The second-order valence-corrected chi connectivity index (χ2v) is 5.96. The summed E-state index contributed by atoms with van der Waals surface area (Å²) in [5, 5.41) is 5.65. The highest BCUT2D eigenvalue weighted by Gasteiger charge is 2.32. The minimum Gasteiger partial charge on any atom is -0.356 e. The van der Waals surface area contributed by atoms with Gasteiger partial charge in [-0.3, -0.25) is 14.6 Å². The Kier molecular flexibility index (Phi) is 5.00. The van der Waals surface area contributed by atoms with Crippen LogP contribution in [-0.2, 0) is 16.0 Å². The maximum absolute atomic E-state index is 12.2. The number of aromatic nitrogens is 1. The SMILES string of the molecule is O=C(CC1C(=O)Nc2ccccc2N1S)NCCc1ccncc1. The number of pyridine rings is 1. The number of nitrogens with zero attached hydrogens (tertiary/aromatic N) is 2. The predicted octanol–water partition coefficient (Wildman–Crippen LogP) is 1.80. The van der Waals surface area contributed by atoms with Gasteiger partial charge in [0.25, 0.3) is 0 Å². The molecule has 1 aliphatic heterocycles. The molecule has 0 bridgehead atoms. The molecule has 2 heterocycles. The smallest absolute Gasteiger partial charge is 0.248 e. The third-order valence-electron chi connectivity index (χ3n) is 3.87. The third kappa shape index (κ3) is 3.68. The van der Waals surface area contributed by atoms with E-state index in [1.54, 1.807) is 16.7 Å². The highest BCUT2D eigenvalue weighted by molar-refractivity contribution is 7.81. The highest BCUT2D eigenvalue weighted by atomic mass is 32.1. The molecule has 1 atom stereocenters. The van der Waals surface area contributed by atoms with Crippen molar-refractivity contribution < 1.29 is 9.59 Å². The van der Waals surface area contributed by atoms with E-state index in [0.29, 0.717) is 12.2 Å². The molecule has 2 N–H and O–H groups in total. The third-order valence-corrected chi connectivity index (χ3v) is 4.36. The van der Waals surface area contributed by atoms with Gasteiger partial charge in [-0.1, -0.05) is 24.9 Å². The number of para-hydroxylation sites is 2. The van der Waals surface area contributed by atoms with Crippen LogP contribution in [0.5, 0.6) is 0 Å². The molecule has 2 amide bonds. The van der Waals surface area contributed by atoms with Crippen LogP contribution in [0, 0.1) is 0 Å². The molecule has 0 fully saturated rings. The number of hydrogen-bond donors (Lipinski definition) is 3. The Bertz CT molecular complexity index is 738. The van der Waals surface area contributed by atoms with Crippen LogP contribution in [0.15, 0.2) is 48.8 Å². The highest BCUT2D eigenvalue weighted by Crippen LogP contribution is 2.33. The van der Waals surface area contributed by atoms with E-state index in [-0.39, 0.29) is 18.2 Å². The Morgan fingerprint density at radius 3 is 2.79 bits per heavy atom. The van der Waals surface area contributed by atoms with Crippen molar-refractivity contribution in [2.75, 3.05) is 16.2 Å². The Hall–Kier alpha value is -2.54. The summed E-state index contributed by atoms with van der Waals surface area (Å²) in [6.07, 6.45) is 4.22. The molecular formula is C17H18N4O2S. The van der Waals surface area contributed by atoms with Gasteiger partial charge in [-0.25, -0.2) is 0 Å². The summed E-state index contributed by atoms with van der Waals surface area (Å²) >= 11 is 4.40. The first kappa shape index (κ1) is 16.3. The molecule has 1 aromatic carbocycles. The number of fused-ring (bicyclic) bond motifs is 1. The van der Waals surface area contributed by atoms with Gasteiger partial charge < -0.3 is 14.9 Å². The van der Waals surface area contributed by atoms with E-state index in [0.717, 1.165) is 17.7 Å². The van der Waals surface area contributed by atoms with Crippen LogP contribution in [0.25, 0.3) is 0 Å². The summed E-state index contributed by atoms with van der Waals surface area (Å²) in [4.78, 5) is 28.3. The van der Waals surface area contributed by atoms with Crippen molar-refractivity contribution >= 4 is 36.0 Å². The van der Waals surface area contributed by atoms with Crippen molar-refractivity contribution in [1.82, 2.24) is 10.3 Å². The summed E-state index contributed by atoms with van der Waals surface area (Å²) in [6, 6.07) is 10.6. The average Bonchev–Trinajstić information content (AvgIpc) is 2.59. The van der Waals surface area contributed by atoms with E-state index in [4.69, 9.17) is 0 Å². The van der Waals surface area contributed by atoms with Crippen molar-refractivity contribution in [3.8, 4) is 0 Å². The lowest BCUT2D eigenvalue weighted by Crippen LogP contribution is -2.46. The summed E-state index contributed by atoms with van der Waals surface area (Å²) in [7, 11) is 0. The molecule has 7 heteroatoms. The molecule has 0 radical (unpaired) electrons. The zero-order valence-corrected chi connectivity index (χ0v) is 13.9. The summed E-state index contributed by atoms with van der Waals surface area (Å²) in [5.41, 5.74) is 2.59. The number of carbonyl (C=O) groups is 2. The first-order chi connectivity index (χ1) is 11.6. The van der Waals surface area contributed by atoms with Crippen molar-refractivity contribution in [2.45, 2.75) is 18.9 Å². The molecular weight excluding hydrogens is 324 g/mol. The number of thiol groups is 1. The lowest BCUT2D eigenvalue weighted by atomic mass is 10.1. The van der Waals surface area contributed by atoms with Gasteiger partial charge in [-0.2, -0.15) is 0 Å². The van der Waals surface area contributed by atoms with Gasteiger partial charge in [0, 0.05) is 18.9 Å². The van der Waals surface area contributed by atoms with Gasteiger partial charge in [0.05, 0.1) is 17.8 Å². The molecule has 0 saturated carbocycles. The number of rotatable bonds is 5. The van der Waals surface area contributed by atoms with Crippen molar-refractivity contribution in [2.24, 2.45) is 0 Å². The Morgan fingerprint density at radius 1 is 1.25 bits per heavy atom. The quantitative estimate of drug-likeness (QED) is 0.725. The van der Waals surface area contributed by atoms with Crippen LogP contribution in [0.1, 0.15) is 12.0 Å². The fourth-order valence-corrected chi connectivity index (χ4v) is 2.96. The molecule has 1 aromatic heterocycles. The molecule has 2 aromatic rings. The molecule has 6 nitrogen and oxygen atoms in total. The normalized spacial score (nSPS) is 16.3. The first-order valence-corrected chi connectivity index (χ1v) is 8.09. The Balaban J connectivity index is 1.55. The lowest BCUT2D eigenvalue weighted by Gasteiger charge is -2.33. The fourth-order valence-electron chi connectivity index (χ4n) is 2.60. The zero-order chi connectivity index (χ0) is 16.9. The molecule has 0 saturated heterocycles. The minimum absolute atomic E-state index is 0.0556. The standard InChI is InChI=1S/C17H18N4O2S/c22-16(19-10-7-12-5-8-18-9-6-12)11-15-17(23)20-13-3-1-2-4-14(13)21(15)24/h1-6,8-9,15,24H,7,10-11H2,(H,19,22)(H,20,23). The second-order valence-electron chi connectivity index (χ2n) is 5.53. The van der Waals surface area contributed by atoms with E-state index in [1.807, 2.05) is 36.4 Å². The predicted molar refractivity (Wildman–Crippen MR) is 95.9 cm³/mol. The number of amides is 2. The molecule has 24 heavy (non-hydrogen) atoms. The monoisotopic (exact) mass is 342 g/mol. The lowest BCUT2D eigenvalue weighted by molar-refractivity contribution is -0.125. The Morgan fingerprint density at radius 2 is 2.00 bits per heavy atom. The largest absolute Gasteiger partial charge is 0.356 e. The number of carbonyl (C=O) groups excluding carboxylic acids is 2. The topological polar surface area (TPSA) is 74.3 Å². The summed E-state index contributed by atoms with van der Waals surface area (Å²) in [5.74, 6) is -0.407. The first-order valence-electron chi connectivity index (χ1n) is 7.69. The molecule has 0 spiro atoms. The molecule has 1 aliphatic rings. The maximum Gasteiger partial charge on any atom is 0.248 e. The van der Waals surface area contributed by atoms with E-state index in [1.165, 1.54) is 0 Å². The molecule has 3 rings (SSSR count). The average molecular weight is 342 g/mol. The van der Waals surface area contributed by atoms with Crippen LogP contribution in [0.3, 0.4) is 0 Å². The Labute approximate surface area is 145 Å². The summed E-state index contributed by atoms with van der Waals surface area (Å²) < 4.78 is 1.55. The van der Waals surface area contributed by atoms with Gasteiger partial charge >= 0.3 is 0 Å². The van der Waals surface area contributed by atoms with Crippen LogP contribution in [-0.4, -0.2) is 29.4 Å². The van der Waals surface area contributed by atoms with Crippen LogP contribution < -0.4 is 14.9 Å².